The van der Waals surface area contributed by atoms with Crippen LogP contribution in [0.15, 0.2) is 72.1 Å². The molecule has 1 aliphatic rings. The summed E-state index contributed by atoms with van der Waals surface area (Å²) < 4.78 is 27.8. The van der Waals surface area contributed by atoms with E-state index in [0.29, 0.717) is 18.5 Å². The van der Waals surface area contributed by atoms with Gasteiger partial charge in [-0.15, -0.1) is 0 Å². The van der Waals surface area contributed by atoms with Crippen molar-refractivity contribution < 1.29 is 23.1 Å². The van der Waals surface area contributed by atoms with Gasteiger partial charge in [-0.3, -0.25) is 9.69 Å². The van der Waals surface area contributed by atoms with Crippen LogP contribution in [0, 0.1) is 0 Å². The number of nitrogens with zero attached hydrogens (tertiary/aromatic N) is 2. The molecule has 0 spiro atoms. The van der Waals surface area contributed by atoms with Crippen LogP contribution in [0.5, 0.6) is 0 Å². The maximum atomic E-state index is 13.2. The van der Waals surface area contributed by atoms with Crippen LogP contribution < -0.4 is 10.2 Å². The van der Waals surface area contributed by atoms with Crippen LogP contribution in [0.4, 0.5) is 10.5 Å². The van der Waals surface area contributed by atoms with Crippen molar-refractivity contribution in [2.75, 3.05) is 11.4 Å². The Bertz CT molecular complexity index is 1070. The Morgan fingerprint density at radius 3 is 2.41 bits per heavy atom. The summed E-state index contributed by atoms with van der Waals surface area (Å²) in [5.74, 6) is -0.271. The third kappa shape index (κ3) is 5.35. The minimum atomic E-state index is -3.76. The van der Waals surface area contributed by atoms with Crippen LogP contribution in [-0.2, 0) is 21.4 Å². The second-order valence-corrected chi connectivity index (χ2v) is 9.64. The highest BCUT2D eigenvalue weighted by Gasteiger charge is 2.35. The summed E-state index contributed by atoms with van der Waals surface area (Å²) in [5.41, 5.74) is 1.21. The van der Waals surface area contributed by atoms with Gasteiger partial charge in [0.2, 0.25) is 15.9 Å². The van der Waals surface area contributed by atoms with Gasteiger partial charge in [0.1, 0.15) is 0 Å². The van der Waals surface area contributed by atoms with E-state index in [1.54, 1.807) is 0 Å². The normalized spacial score (nSPS) is 19.2. The van der Waals surface area contributed by atoms with Crippen molar-refractivity contribution in [3.63, 3.8) is 0 Å². The van der Waals surface area contributed by atoms with Gasteiger partial charge in [-0.05, 0) is 55.7 Å². The molecule has 8 nitrogen and oxygen atoms in total. The minimum Gasteiger partial charge on any atom is -0.465 e. The Kier molecular flexibility index (Phi) is 7.32. The van der Waals surface area contributed by atoms with Gasteiger partial charge in [-0.1, -0.05) is 36.9 Å². The van der Waals surface area contributed by atoms with Crippen molar-refractivity contribution in [3.05, 3.63) is 72.8 Å². The summed E-state index contributed by atoms with van der Waals surface area (Å²) >= 11 is 0. The highest BCUT2D eigenvalue weighted by atomic mass is 32.2. The SMILES string of the molecule is C=CC(=O)NC1CCN(S(=O)(=O)c2ccc(N(Cc3ccccc3)C(=O)O)cc2)C(C)C1. The molecule has 2 amide bonds. The van der Waals surface area contributed by atoms with E-state index in [0.717, 1.165) is 5.56 Å². The van der Waals surface area contributed by atoms with E-state index in [4.69, 9.17) is 0 Å². The molecule has 1 heterocycles. The second kappa shape index (κ2) is 9.97. The first-order valence-electron chi connectivity index (χ1n) is 10.3. The quantitative estimate of drug-likeness (QED) is 0.621. The third-order valence-electron chi connectivity index (χ3n) is 5.52. The molecule has 2 atom stereocenters. The average Bonchev–Trinajstić information content (AvgIpc) is 2.78. The number of sulfonamides is 1. The summed E-state index contributed by atoms with van der Waals surface area (Å²) in [6.45, 7) is 5.68. The first-order chi connectivity index (χ1) is 15.2. The second-order valence-electron chi connectivity index (χ2n) is 7.75. The molecule has 0 aromatic heterocycles. The van der Waals surface area contributed by atoms with Gasteiger partial charge in [-0.2, -0.15) is 4.31 Å². The van der Waals surface area contributed by atoms with E-state index in [1.165, 1.54) is 39.5 Å². The number of carbonyl (C=O) groups is 2. The van der Waals surface area contributed by atoms with Crippen LogP contribution in [0.1, 0.15) is 25.3 Å². The topological polar surface area (TPSA) is 107 Å². The molecule has 0 saturated carbocycles. The molecule has 9 heteroatoms. The van der Waals surface area contributed by atoms with Crippen molar-refractivity contribution >= 4 is 27.7 Å². The van der Waals surface area contributed by atoms with Crippen LogP contribution >= 0.6 is 0 Å². The third-order valence-corrected chi connectivity index (χ3v) is 7.54. The number of amides is 2. The summed E-state index contributed by atoms with van der Waals surface area (Å²) in [5, 5.41) is 12.4. The van der Waals surface area contributed by atoms with Gasteiger partial charge in [0.05, 0.1) is 11.4 Å². The molecule has 1 fully saturated rings. The lowest BCUT2D eigenvalue weighted by molar-refractivity contribution is -0.117. The highest BCUT2D eigenvalue weighted by molar-refractivity contribution is 7.89. The highest BCUT2D eigenvalue weighted by Crippen LogP contribution is 2.27. The summed E-state index contributed by atoms with van der Waals surface area (Å²) in [7, 11) is -3.76. The first-order valence-corrected chi connectivity index (χ1v) is 11.8. The maximum Gasteiger partial charge on any atom is 0.412 e. The molecular weight excluding hydrogens is 430 g/mol. The zero-order chi connectivity index (χ0) is 23.3. The molecule has 3 rings (SSSR count). The van der Waals surface area contributed by atoms with E-state index in [9.17, 15) is 23.1 Å². The predicted molar refractivity (Wildman–Crippen MR) is 122 cm³/mol. The Labute approximate surface area is 188 Å². The number of benzene rings is 2. The number of nitrogens with one attached hydrogen (secondary N) is 1. The van der Waals surface area contributed by atoms with Crippen molar-refractivity contribution in [2.45, 2.75) is 43.3 Å². The standard InChI is InChI=1S/C23H27N3O5S/c1-3-22(27)24-19-13-14-26(17(2)15-19)32(30,31)21-11-9-20(10-12-21)25(23(28)29)16-18-7-5-4-6-8-18/h3-12,17,19H,1,13-16H2,2H3,(H,24,27)(H,28,29). The van der Waals surface area contributed by atoms with Crippen LogP contribution in [-0.4, -0.2) is 48.5 Å². The van der Waals surface area contributed by atoms with Crippen molar-refractivity contribution in [3.8, 4) is 0 Å². The van der Waals surface area contributed by atoms with Crippen molar-refractivity contribution in [1.82, 2.24) is 9.62 Å². The number of hydrogen-bond acceptors (Lipinski definition) is 4. The number of rotatable bonds is 7. The van der Waals surface area contributed by atoms with Crippen molar-refractivity contribution in [2.24, 2.45) is 0 Å². The molecule has 0 aliphatic carbocycles. The van der Waals surface area contributed by atoms with Gasteiger partial charge in [0.25, 0.3) is 0 Å². The Balaban J connectivity index is 1.74. The fourth-order valence-corrected chi connectivity index (χ4v) is 5.52. The molecule has 170 valence electrons. The summed E-state index contributed by atoms with van der Waals surface area (Å²) in [6, 6.07) is 14.7. The molecule has 32 heavy (non-hydrogen) atoms. The zero-order valence-corrected chi connectivity index (χ0v) is 18.7. The summed E-state index contributed by atoms with van der Waals surface area (Å²) in [6.07, 6.45) is 1.08. The fourth-order valence-electron chi connectivity index (χ4n) is 3.87. The number of anilines is 1. The Morgan fingerprint density at radius 1 is 1.19 bits per heavy atom. The van der Waals surface area contributed by atoms with Crippen LogP contribution in [0.3, 0.4) is 0 Å². The minimum absolute atomic E-state index is 0.103. The molecule has 2 aromatic carbocycles. The van der Waals surface area contributed by atoms with E-state index in [2.05, 4.69) is 11.9 Å². The zero-order valence-electron chi connectivity index (χ0n) is 17.8. The monoisotopic (exact) mass is 457 g/mol. The molecule has 2 aromatic rings. The molecule has 1 saturated heterocycles. The van der Waals surface area contributed by atoms with E-state index < -0.39 is 16.1 Å². The Hall–Kier alpha value is -3.17. The van der Waals surface area contributed by atoms with Crippen LogP contribution in [0.25, 0.3) is 0 Å². The lowest BCUT2D eigenvalue weighted by Gasteiger charge is -2.36. The van der Waals surface area contributed by atoms with E-state index in [-0.39, 0.29) is 36.0 Å². The van der Waals surface area contributed by atoms with E-state index in [1.807, 2.05) is 37.3 Å². The molecule has 0 radical (unpaired) electrons. The predicted octanol–water partition coefficient (Wildman–Crippen LogP) is 3.22. The van der Waals surface area contributed by atoms with E-state index >= 15 is 0 Å². The van der Waals surface area contributed by atoms with Crippen LogP contribution in [0.2, 0.25) is 0 Å². The summed E-state index contributed by atoms with van der Waals surface area (Å²) in [4.78, 5) is 24.6. The van der Waals surface area contributed by atoms with Gasteiger partial charge >= 0.3 is 6.09 Å². The fraction of sp³-hybridized carbons (Fsp3) is 0.304. The Morgan fingerprint density at radius 2 is 1.84 bits per heavy atom. The van der Waals surface area contributed by atoms with Gasteiger partial charge in [0, 0.05) is 24.3 Å². The maximum absolute atomic E-state index is 13.2. The van der Waals surface area contributed by atoms with Gasteiger partial charge in [-0.25, -0.2) is 13.2 Å². The van der Waals surface area contributed by atoms with Gasteiger partial charge < -0.3 is 10.4 Å². The average molecular weight is 458 g/mol. The number of carboxylic acid groups (broad SMARTS) is 1. The molecular formula is C23H27N3O5S. The number of piperidine rings is 1. The lowest BCUT2D eigenvalue weighted by Crippen LogP contribution is -2.50. The number of hydrogen-bond donors (Lipinski definition) is 2. The number of carbonyl (C=O) groups excluding carboxylic acids is 1. The molecule has 0 bridgehead atoms. The molecule has 2 unspecified atom stereocenters. The smallest absolute Gasteiger partial charge is 0.412 e. The largest absolute Gasteiger partial charge is 0.465 e. The molecule has 2 N–H and O–H groups in total. The first kappa shape index (κ1) is 23.5. The molecule has 1 aliphatic heterocycles. The van der Waals surface area contributed by atoms with Gasteiger partial charge in [0.15, 0.2) is 0 Å². The van der Waals surface area contributed by atoms with Crippen molar-refractivity contribution in [1.29, 1.82) is 0 Å². The lowest BCUT2D eigenvalue weighted by atomic mass is 10.0.